The number of halogens is 1. The zero-order chi connectivity index (χ0) is 13.7. The maximum atomic E-state index is 8.60. The second-order valence-corrected chi connectivity index (χ2v) is 4.14. The Hall–Kier alpha value is -2.27. The summed E-state index contributed by atoms with van der Waals surface area (Å²) in [5, 5.41) is 11.9. The maximum Gasteiger partial charge on any atom is 0.171 e. The Morgan fingerprint density at radius 3 is 2.84 bits per heavy atom. The van der Waals surface area contributed by atoms with Crippen LogP contribution < -0.4 is 10.5 Å². The van der Waals surface area contributed by atoms with Gasteiger partial charge in [-0.1, -0.05) is 22.8 Å². The van der Waals surface area contributed by atoms with Crippen LogP contribution in [0.5, 0.6) is 5.75 Å². The van der Waals surface area contributed by atoms with Crippen molar-refractivity contribution in [3.63, 3.8) is 0 Å². The molecule has 19 heavy (non-hydrogen) atoms. The molecule has 5 nitrogen and oxygen atoms in total. The fraction of sp³-hybridized carbons (Fsp3) is 0.0769. The number of amidine groups is 1. The minimum absolute atomic E-state index is 0.0405. The van der Waals surface area contributed by atoms with Crippen molar-refractivity contribution in [2.45, 2.75) is 6.61 Å². The normalized spacial score (nSPS) is 11.3. The molecule has 0 spiro atoms. The summed E-state index contributed by atoms with van der Waals surface area (Å²) in [6.45, 7) is 0.347. The standard InChI is InChI=1S/C13H12ClN3O2/c14-12-7-10(4-5-11(12)13(15)17-18)19-8-9-3-1-2-6-16-9/h1-7,18H,8H2,(H2,15,17). The summed E-state index contributed by atoms with van der Waals surface area (Å²) in [5.41, 5.74) is 6.75. The zero-order valence-corrected chi connectivity index (χ0v) is 10.7. The molecule has 1 aromatic carbocycles. The molecule has 0 saturated carbocycles. The van der Waals surface area contributed by atoms with Gasteiger partial charge >= 0.3 is 0 Å². The minimum atomic E-state index is -0.0405. The highest BCUT2D eigenvalue weighted by Crippen LogP contribution is 2.23. The number of ether oxygens (including phenoxy) is 1. The van der Waals surface area contributed by atoms with Crippen molar-refractivity contribution in [2.24, 2.45) is 10.9 Å². The first-order valence-electron chi connectivity index (χ1n) is 5.51. The van der Waals surface area contributed by atoms with Gasteiger partial charge in [-0.05, 0) is 30.3 Å². The first kappa shape index (κ1) is 13.2. The minimum Gasteiger partial charge on any atom is -0.487 e. The Morgan fingerprint density at radius 2 is 2.21 bits per heavy atom. The molecule has 0 bridgehead atoms. The van der Waals surface area contributed by atoms with E-state index < -0.39 is 0 Å². The predicted octanol–water partition coefficient (Wildman–Crippen LogP) is 2.41. The van der Waals surface area contributed by atoms with Crippen molar-refractivity contribution in [3.05, 3.63) is 58.9 Å². The molecule has 1 aromatic heterocycles. The summed E-state index contributed by atoms with van der Waals surface area (Å²) in [5.74, 6) is 0.548. The van der Waals surface area contributed by atoms with E-state index in [4.69, 9.17) is 27.3 Å². The lowest BCUT2D eigenvalue weighted by molar-refractivity contribution is 0.301. The van der Waals surface area contributed by atoms with Crippen LogP contribution in [0.2, 0.25) is 5.02 Å². The Kier molecular flexibility index (Phi) is 4.20. The molecule has 0 amide bonds. The van der Waals surface area contributed by atoms with Crippen LogP contribution in [0.1, 0.15) is 11.3 Å². The monoisotopic (exact) mass is 277 g/mol. The largest absolute Gasteiger partial charge is 0.487 e. The number of hydrogen-bond donors (Lipinski definition) is 2. The van der Waals surface area contributed by atoms with E-state index in [-0.39, 0.29) is 5.84 Å². The molecule has 98 valence electrons. The predicted molar refractivity (Wildman–Crippen MR) is 72.5 cm³/mol. The van der Waals surface area contributed by atoms with Gasteiger partial charge in [0.15, 0.2) is 5.84 Å². The van der Waals surface area contributed by atoms with Crippen LogP contribution in [0.4, 0.5) is 0 Å². The number of aromatic nitrogens is 1. The molecule has 6 heteroatoms. The van der Waals surface area contributed by atoms with Gasteiger partial charge in [-0.2, -0.15) is 0 Å². The van der Waals surface area contributed by atoms with E-state index in [1.54, 1.807) is 24.4 Å². The number of oxime groups is 1. The van der Waals surface area contributed by atoms with Crippen molar-refractivity contribution in [3.8, 4) is 5.75 Å². The fourth-order valence-corrected chi connectivity index (χ4v) is 1.76. The molecule has 0 saturated heterocycles. The van der Waals surface area contributed by atoms with Crippen LogP contribution in [0.25, 0.3) is 0 Å². The topological polar surface area (TPSA) is 80.7 Å². The molecular weight excluding hydrogens is 266 g/mol. The summed E-state index contributed by atoms with van der Waals surface area (Å²) in [4.78, 5) is 4.15. The molecule has 0 radical (unpaired) electrons. The van der Waals surface area contributed by atoms with Crippen molar-refractivity contribution in [1.29, 1.82) is 0 Å². The molecule has 1 heterocycles. The van der Waals surface area contributed by atoms with Gasteiger partial charge in [0.25, 0.3) is 0 Å². The third kappa shape index (κ3) is 3.35. The summed E-state index contributed by atoms with van der Waals surface area (Å²) in [6, 6.07) is 10.5. The van der Waals surface area contributed by atoms with Gasteiger partial charge in [0.2, 0.25) is 0 Å². The highest BCUT2D eigenvalue weighted by atomic mass is 35.5. The number of pyridine rings is 1. The molecule has 0 atom stereocenters. The number of nitrogens with zero attached hydrogens (tertiary/aromatic N) is 2. The summed E-state index contributed by atoms with van der Waals surface area (Å²) in [7, 11) is 0. The highest BCUT2D eigenvalue weighted by molar-refractivity contribution is 6.34. The number of hydrogen-bond acceptors (Lipinski definition) is 4. The van der Waals surface area contributed by atoms with Crippen LogP contribution in [-0.2, 0) is 6.61 Å². The van der Waals surface area contributed by atoms with Crippen LogP contribution in [-0.4, -0.2) is 16.0 Å². The van der Waals surface area contributed by atoms with E-state index in [0.29, 0.717) is 22.9 Å². The Balaban J connectivity index is 2.09. The lowest BCUT2D eigenvalue weighted by atomic mass is 10.2. The van der Waals surface area contributed by atoms with Crippen molar-refractivity contribution in [1.82, 2.24) is 4.98 Å². The first-order valence-corrected chi connectivity index (χ1v) is 5.88. The van der Waals surface area contributed by atoms with Crippen molar-refractivity contribution in [2.75, 3.05) is 0 Å². The van der Waals surface area contributed by atoms with E-state index in [1.165, 1.54) is 0 Å². The molecule has 0 aliphatic rings. The van der Waals surface area contributed by atoms with Gasteiger partial charge in [-0.3, -0.25) is 4.98 Å². The Labute approximate surface area is 115 Å². The molecular formula is C13H12ClN3O2. The van der Waals surface area contributed by atoms with E-state index in [2.05, 4.69) is 10.1 Å². The third-order valence-electron chi connectivity index (χ3n) is 2.44. The van der Waals surface area contributed by atoms with E-state index >= 15 is 0 Å². The fourth-order valence-electron chi connectivity index (χ4n) is 1.49. The van der Waals surface area contributed by atoms with Gasteiger partial charge < -0.3 is 15.7 Å². The van der Waals surface area contributed by atoms with Crippen LogP contribution >= 0.6 is 11.6 Å². The molecule has 2 aromatic rings. The van der Waals surface area contributed by atoms with Gasteiger partial charge in [0.1, 0.15) is 12.4 Å². The van der Waals surface area contributed by atoms with Crippen molar-refractivity contribution >= 4 is 17.4 Å². The maximum absolute atomic E-state index is 8.60. The summed E-state index contributed by atoms with van der Waals surface area (Å²) < 4.78 is 5.55. The third-order valence-corrected chi connectivity index (χ3v) is 2.75. The molecule has 0 unspecified atom stereocenters. The SMILES string of the molecule is N/C(=N/O)c1ccc(OCc2ccccn2)cc1Cl. The molecule has 0 aliphatic heterocycles. The highest BCUT2D eigenvalue weighted by Gasteiger charge is 2.07. The summed E-state index contributed by atoms with van der Waals surface area (Å²) in [6.07, 6.45) is 1.70. The number of benzene rings is 1. The molecule has 2 rings (SSSR count). The Bertz CT molecular complexity index is 588. The summed E-state index contributed by atoms with van der Waals surface area (Å²) >= 11 is 6.02. The average Bonchev–Trinajstić information content (AvgIpc) is 2.45. The van der Waals surface area contributed by atoms with Crippen LogP contribution in [0.3, 0.4) is 0 Å². The second kappa shape index (κ2) is 6.06. The second-order valence-electron chi connectivity index (χ2n) is 3.74. The van der Waals surface area contributed by atoms with Crippen molar-refractivity contribution < 1.29 is 9.94 Å². The Morgan fingerprint density at radius 1 is 1.37 bits per heavy atom. The van der Waals surface area contributed by atoms with Gasteiger partial charge in [-0.15, -0.1) is 0 Å². The smallest absolute Gasteiger partial charge is 0.171 e. The average molecular weight is 278 g/mol. The van der Waals surface area contributed by atoms with Gasteiger partial charge in [0, 0.05) is 11.8 Å². The van der Waals surface area contributed by atoms with E-state index in [9.17, 15) is 0 Å². The van der Waals surface area contributed by atoms with Crippen LogP contribution in [0.15, 0.2) is 47.8 Å². The zero-order valence-electron chi connectivity index (χ0n) is 9.95. The van der Waals surface area contributed by atoms with Crippen LogP contribution in [0, 0.1) is 0 Å². The number of nitrogens with two attached hydrogens (primary N) is 1. The molecule has 0 aliphatic carbocycles. The van der Waals surface area contributed by atoms with Gasteiger partial charge in [0.05, 0.1) is 10.7 Å². The molecule has 3 N–H and O–H groups in total. The van der Waals surface area contributed by atoms with Gasteiger partial charge in [-0.25, -0.2) is 0 Å². The van der Waals surface area contributed by atoms with E-state index in [1.807, 2.05) is 18.2 Å². The molecule has 0 fully saturated rings. The van der Waals surface area contributed by atoms with E-state index in [0.717, 1.165) is 5.69 Å². The first-order chi connectivity index (χ1) is 9.20. The lowest BCUT2D eigenvalue weighted by Gasteiger charge is -2.08. The lowest BCUT2D eigenvalue weighted by Crippen LogP contribution is -2.13. The quantitative estimate of drug-likeness (QED) is 0.389. The number of rotatable bonds is 4.